The number of amides is 3. The van der Waals surface area contributed by atoms with E-state index in [1.54, 1.807) is 6.07 Å². The number of nitrogens with zero attached hydrogens (tertiary/aromatic N) is 6. The van der Waals surface area contributed by atoms with Gasteiger partial charge in [0.05, 0.1) is 17.9 Å². The number of likely N-dealkylation sites (N-methyl/N-ethyl adjacent to an activating group) is 1. The molecule has 1 aliphatic carbocycles. The molecule has 0 bridgehead atoms. The first-order valence-electron chi connectivity index (χ1n) is 17.0. The zero-order chi connectivity index (χ0) is 35.7. The van der Waals surface area contributed by atoms with E-state index in [9.17, 15) is 9.59 Å². The summed E-state index contributed by atoms with van der Waals surface area (Å²) >= 11 is 0. The second-order valence-corrected chi connectivity index (χ2v) is 15.6. The van der Waals surface area contributed by atoms with E-state index in [0.717, 1.165) is 34.9 Å². The fourth-order valence-electron chi connectivity index (χ4n) is 5.89. The summed E-state index contributed by atoms with van der Waals surface area (Å²) in [7, 11) is 2.02. The van der Waals surface area contributed by atoms with Crippen LogP contribution in [0.3, 0.4) is 0 Å². The number of hydrogen-bond acceptors (Lipinski definition) is 8. The molecule has 0 saturated heterocycles. The molecule has 0 radical (unpaired) electrons. The standard InChI is InChI=1S/C37H51N9O3/c1-11-45(10)37(8,9)22-38-32(47)31-40-28(35(2,3)4)20-29(41-31)42-34(48)39-26-17-18-27(25-15-13-12-14-24(25)26)49-23-16-19-30-43-44-33(36(5,6)7)46(30)21-23/h12-16,19-21,26-27H,11,17-18,22H2,1-10H3,(H,38,47)(H2,39,40,41,42,48)/t26-,27+/m0/s1. The third-order valence-corrected chi connectivity index (χ3v) is 9.19. The highest BCUT2D eigenvalue weighted by atomic mass is 16.5. The first-order valence-corrected chi connectivity index (χ1v) is 17.0. The first-order chi connectivity index (χ1) is 23.0. The van der Waals surface area contributed by atoms with Gasteiger partial charge in [0.2, 0.25) is 5.82 Å². The van der Waals surface area contributed by atoms with Gasteiger partial charge in [-0.05, 0) is 63.5 Å². The smallest absolute Gasteiger partial charge is 0.320 e. The van der Waals surface area contributed by atoms with Gasteiger partial charge in [-0.1, -0.05) is 72.7 Å². The number of pyridine rings is 1. The van der Waals surface area contributed by atoms with Gasteiger partial charge in [0.1, 0.15) is 23.5 Å². The quantitative estimate of drug-likeness (QED) is 0.187. The van der Waals surface area contributed by atoms with Crippen molar-refractivity contribution in [3.8, 4) is 5.75 Å². The Balaban J connectivity index is 1.31. The Morgan fingerprint density at radius 1 is 0.939 bits per heavy atom. The number of anilines is 1. The molecular formula is C37H51N9O3. The highest BCUT2D eigenvalue weighted by Gasteiger charge is 2.31. The van der Waals surface area contributed by atoms with Gasteiger partial charge in [-0.3, -0.25) is 19.4 Å². The molecule has 0 fully saturated rings. The van der Waals surface area contributed by atoms with Gasteiger partial charge in [0.25, 0.3) is 5.91 Å². The monoisotopic (exact) mass is 669 g/mol. The lowest BCUT2D eigenvalue weighted by atomic mass is 9.85. The predicted octanol–water partition coefficient (Wildman–Crippen LogP) is 6.35. The van der Waals surface area contributed by atoms with Gasteiger partial charge in [-0.2, -0.15) is 0 Å². The number of fused-ring (bicyclic) bond motifs is 2. The van der Waals surface area contributed by atoms with Crippen LogP contribution in [0.2, 0.25) is 0 Å². The van der Waals surface area contributed by atoms with Gasteiger partial charge >= 0.3 is 6.03 Å². The number of nitrogens with one attached hydrogen (secondary N) is 3. The van der Waals surface area contributed by atoms with Crippen molar-refractivity contribution in [2.75, 3.05) is 25.5 Å². The number of rotatable bonds is 9. The lowest BCUT2D eigenvalue weighted by Crippen LogP contribution is -2.50. The molecular weight excluding hydrogens is 618 g/mol. The van der Waals surface area contributed by atoms with E-state index in [0.29, 0.717) is 25.1 Å². The Hall–Kier alpha value is -4.58. The van der Waals surface area contributed by atoms with E-state index >= 15 is 0 Å². The lowest BCUT2D eigenvalue weighted by Gasteiger charge is -2.34. The molecule has 3 heterocycles. The average Bonchev–Trinajstić information content (AvgIpc) is 3.48. The van der Waals surface area contributed by atoms with Crippen LogP contribution in [0.25, 0.3) is 5.65 Å². The molecule has 0 unspecified atom stereocenters. The van der Waals surface area contributed by atoms with Gasteiger partial charge in [-0.25, -0.2) is 14.8 Å². The van der Waals surface area contributed by atoms with Crippen LogP contribution >= 0.6 is 0 Å². The number of urea groups is 1. The molecule has 5 rings (SSSR count). The van der Waals surface area contributed by atoms with Gasteiger partial charge in [0.15, 0.2) is 5.65 Å². The minimum atomic E-state index is -0.414. The molecule has 3 aromatic heterocycles. The van der Waals surface area contributed by atoms with E-state index in [1.165, 1.54) is 0 Å². The highest BCUT2D eigenvalue weighted by Crippen LogP contribution is 2.39. The van der Waals surface area contributed by atoms with E-state index in [-0.39, 0.29) is 40.2 Å². The highest BCUT2D eigenvalue weighted by molar-refractivity contribution is 5.92. The number of ether oxygens (including phenoxy) is 1. The number of carbonyl (C=O) groups is 2. The van der Waals surface area contributed by atoms with Crippen LogP contribution in [0.15, 0.2) is 48.7 Å². The van der Waals surface area contributed by atoms with Crippen LogP contribution in [-0.4, -0.2) is 67.1 Å². The molecule has 49 heavy (non-hydrogen) atoms. The van der Waals surface area contributed by atoms with Crippen LogP contribution in [0.4, 0.5) is 10.6 Å². The fraction of sp³-hybridized carbons (Fsp3) is 0.514. The van der Waals surface area contributed by atoms with Crippen LogP contribution in [-0.2, 0) is 10.8 Å². The Morgan fingerprint density at radius 2 is 1.65 bits per heavy atom. The minimum absolute atomic E-state index is 0.0139. The van der Waals surface area contributed by atoms with Crippen molar-refractivity contribution in [3.05, 3.63) is 77.1 Å². The van der Waals surface area contributed by atoms with Crippen molar-refractivity contribution in [1.29, 1.82) is 0 Å². The normalized spacial score (nSPS) is 16.7. The van der Waals surface area contributed by atoms with Crippen molar-refractivity contribution in [2.24, 2.45) is 0 Å². The minimum Gasteiger partial charge on any atom is -0.484 e. The predicted molar refractivity (Wildman–Crippen MR) is 191 cm³/mol. The second kappa shape index (κ2) is 13.7. The zero-order valence-electron chi connectivity index (χ0n) is 30.5. The molecule has 3 amide bonds. The van der Waals surface area contributed by atoms with Crippen molar-refractivity contribution >= 4 is 23.4 Å². The average molecular weight is 670 g/mol. The molecule has 1 aromatic carbocycles. The lowest BCUT2D eigenvalue weighted by molar-refractivity contribution is 0.0897. The number of carbonyl (C=O) groups excluding carboxylic acids is 2. The van der Waals surface area contributed by atoms with Gasteiger partial charge in [-0.15, -0.1) is 10.2 Å². The van der Waals surface area contributed by atoms with Gasteiger partial charge in [0, 0.05) is 29.0 Å². The van der Waals surface area contributed by atoms with E-state index in [2.05, 4.69) is 82.6 Å². The number of benzene rings is 1. The van der Waals surface area contributed by atoms with E-state index < -0.39 is 11.9 Å². The Labute approximate surface area is 289 Å². The third-order valence-electron chi connectivity index (χ3n) is 9.19. The van der Waals surface area contributed by atoms with Crippen molar-refractivity contribution in [1.82, 2.24) is 40.1 Å². The Kier molecular flexibility index (Phi) is 10.0. The molecule has 1 aliphatic rings. The summed E-state index contributed by atoms with van der Waals surface area (Å²) in [6, 6.07) is 12.9. The summed E-state index contributed by atoms with van der Waals surface area (Å²) < 4.78 is 8.54. The summed E-state index contributed by atoms with van der Waals surface area (Å²) in [5.74, 6) is 1.47. The Morgan fingerprint density at radius 3 is 2.33 bits per heavy atom. The molecule has 12 heteroatoms. The summed E-state index contributed by atoms with van der Waals surface area (Å²) in [4.78, 5) is 37.9. The first kappa shape index (κ1) is 35.7. The molecule has 0 spiro atoms. The zero-order valence-corrected chi connectivity index (χ0v) is 30.5. The largest absolute Gasteiger partial charge is 0.484 e. The van der Waals surface area contributed by atoms with Crippen molar-refractivity contribution in [2.45, 2.75) is 104 Å². The molecule has 0 aliphatic heterocycles. The van der Waals surface area contributed by atoms with Gasteiger partial charge < -0.3 is 15.4 Å². The second-order valence-electron chi connectivity index (χ2n) is 15.6. The molecule has 12 nitrogen and oxygen atoms in total. The maximum atomic E-state index is 13.4. The van der Waals surface area contributed by atoms with Crippen molar-refractivity contribution in [3.63, 3.8) is 0 Å². The summed E-state index contributed by atoms with van der Waals surface area (Å²) in [6.07, 6.45) is 3.13. The molecule has 0 saturated carbocycles. The molecule has 4 aromatic rings. The topological polar surface area (TPSA) is 139 Å². The fourth-order valence-corrected chi connectivity index (χ4v) is 5.89. The SMILES string of the molecule is CCN(C)C(C)(C)CNC(=O)c1nc(NC(=O)N[C@H]2CC[C@@H](Oc3ccc4nnc(C(C)(C)C)n4c3)c3ccccc32)cc(C(C)(C)C)n1. The maximum Gasteiger partial charge on any atom is 0.320 e. The van der Waals surface area contributed by atoms with E-state index in [1.807, 2.05) is 74.8 Å². The third kappa shape index (κ3) is 8.18. The Bertz CT molecular complexity index is 1820. The van der Waals surface area contributed by atoms with Crippen LogP contribution < -0.4 is 20.7 Å². The van der Waals surface area contributed by atoms with Crippen LogP contribution in [0.5, 0.6) is 5.75 Å². The number of aromatic nitrogens is 5. The van der Waals surface area contributed by atoms with Crippen LogP contribution in [0.1, 0.15) is 121 Å². The molecule has 3 N–H and O–H groups in total. The molecule has 2 atom stereocenters. The summed E-state index contributed by atoms with van der Waals surface area (Å²) in [5, 5.41) is 17.7. The van der Waals surface area contributed by atoms with Crippen molar-refractivity contribution < 1.29 is 14.3 Å². The number of hydrogen-bond donors (Lipinski definition) is 3. The summed E-state index contributed by atoms with van der Waals surface area (Å²) in [6.45, 7) is 19.8. The summed E-state index contributed by atoms with van der Waals surface area (Å²) in [5.41, 5.74) is 2.62. The van der Waals surface area contributed by atoms with E-state index in [4.69, 9.17) is 4.74 Å². The maximum absolute atomic E-state index is 13.4. The molecule has 262 valence electrons. The van der Waals surface area contributed by atoms with Crippen LogP contribution in [0, 0.1) is 0 Å².